The maximum atomic E-state index is 14.7. The fraction of sp³-hybridized carbons (Fsp3) is 0.373. The second kappa shape index (κ2) is 23.7. The smallest absolute Gasteiger partial charge is 0.355 e. The lowest BCUT2D eigenvalue weighted by Crippen LogP contribution is -2.58. The number of anilines is 2. The number of hydrogen-bond acceptors (Lipinski definition) is 12. The first kappa shape index (κ1) is 58.7. The summed E-state index contributed by atoms with van der Waals surface area (Å²) in [6, 6.07) is 16.7. The molecule has 2 saturated heterocycles. The van der Waals surface area contributed by atoms with Gasteiger partial charge in [0.2, 0.25) is 11.8 Å². The Morgan fingerprint density at radius 1 is 0.738 bits per heavy atom. The predicted molar refractivity (Wildman–Crippen MR) is 309 cm³/mol. The van der Waals surface area contributed by atoms with E-state index >= 15 is 0 Å². The highest BCUT2D eigenvalue weighted by atomic mass is 35.5. The summed E-state index contributed by atoms with van der Waals surface area (Å²) in [5.74, 6) is -0.0508. The molecule has 2 aromatic carbocycles. The Morgan fingerprint density at radius 2 is 1.24 bits per heavy atom. The first-order chi connectivity index (χ1) is 37.9. The van der Waals surface area contributed by atoms with E-state index in [2.05, 4.69) is 28.1 Å². The van der Waals surface area contributed by atoms with Gasteiger partial charge in [-0.25, -0.2) is 37.3 Å². The number of aryl methyl sites for hydroxylation is 1. The molecule has 2 aliphatic heterocycles. The number of fused-ring (bicyclic) bond motifs is 2. The van der Waals surface area contributed by atoms with Crippen molar-refractivity contribution in [2.75, 3.05) is 43.1 Å². The highest BCUT2D eigenvalue weighted by Gasteiger charge is 2.36. The summed E-state index contributed by atoms with van der Waals surface area (Å²) in [4.78, 5) is 82.9. The number of ether oxygens (including phenoxy) is 1. The third-order valence-corrected chi connectivity index (χ3v) is 15.3. The number of pyridine rings is 3. The van der Waals surface area contributed by atoms with Crippen LogP contribution in [0.3, 0.4) is 0 Å². The number of carbonyl (C=O) groups is 2. The van der Waals surface area contributed by atoms with Crippen molar-refractivity contribution in [3.63, 3.8) is 0 Å². The van der Waals surface area contributed by atoms with E-state index in [0.29, 0.717) is 65.6 Å². The van der Waals surface area contributed by atoms with Crippen molar-refractivity contribution in [3.8, 4) is 28.2 Å². The zero-order valence-electron chi connectivity index (χ0n) is 46.3. The number of methoxy groups -OCH3 is 1. The predicted octanol–water partition coefficient (Wildman–Crippen LogP) is 10.8. The zero-order valence-corrected chi connectivity index (χ0v) is 47.9. The molecule has 16 nitrogen and oxygen atoms in total. The third-order valence-electron chi connectivity index (χ3n) is 14.7. The molecule has 2 aliphatic rings. The van der Waals surface area contributed by atoms with Crippen molar-refractivity contribution >= 4 is 68.7 Å². The van der Waals surface area contributed by atoms with Crippen molar-refractivity contribution in [2.24, 2.45) is 0 Å². The molecule has 0 N–H and O–H groups in total. The maximum Gasteiger partial charge on any atom is 0.355 e. The number of halogens is 5. The Labute approximate surface area is 472 Å². The van der Waals surface area contributed by atoms with Gasteiger partial charge in [-0.15, -0.1) is 0 Å². The number of alkyl halides is 2. The lowest BCUT2D eigenvalue weighted by atomic mass is 10.0. The monoisotopic (exact) mass is 1130 g/mol. The molecule has 0 radical (unpaired) electrons. The lowest BCUT2D eigenvalue weighted by Gasteiger charge is -2.44. The Hall–Kier alpha value is -7.48. The summed E-state index contributed by atoms with van der Waals surface area (Å²) in [5, 5.41) is 1.41. The molecule has 0 saturated carbocycles. The quantitative estimate of drug-likeness (QED) is 0.107. The van der Waals surface area contributed by atoms with E-state index < -0.39 is 29.2 Å². The number of aromatic nitrogens is 7. The van der Waals surface area contributed by atoms with E-state index in [9.17, 15) is 32.3 Å². The number of rotatable bonds is 12. The fourth-order valence-corrected chi connectivity index (χ4v) is 10.9. The average Bonchev–Trinajstić information content (AvgIpc) is 3.62. The van der Waals surface area contributed by atoms with Crippen LogP contribution in [-0.4, -0.2) is 119 Å². The second-order valence-corrected chi connectivity index (χ2v) is 22.0. The van der Waals surface area contributed by atoms with Gasteiger partial charge < -0.3 is 24.3 Å². The summed E-state index contributed by atoms with van der Waals surface area (Å²) in [6.45, 7) is 26.3. The molecule has 0 aliphatic carbocycles. The van der Waals surface area contributed by atoms with E-state index in [-0.39, 0.29) is 92.2 Å². The van der Waals surface area contributed by atoms with Crippen LogP contribution in [0.1, 0.15) is 84.6 Å². The Kier molecular flexibility index (Phi) is 17.4. The minimum Gasteiger partial charge on any atom is -0.377 e. The van der Waals surface area contributed by atoms with Crippen LogP contribution >= 0.6 is 23.2 Å². The molecule has 420 valence electrons. The van der Waals surface area contributed by atoms with Crippen LogP contribution in [0.15, 0.2) is 108 Å². The number of benzene rings is 2. The van der Waals surface area contributed by atoms with Crippen molar-refractivity contribution < 1.29 is 27.5 Å². The van der Waals surface area contributed by atoms with E-state index in [0.717, 1.165) is 5.56 Å². The van der Waals surface area contributed by atoms with Crippen LogP contribution in [0.5, 0.6) is 0 Å². The van der Waals surface area contributed by atoms with Crippen molar-refractivity contribution in [1.29, 1.82) is 0 Å². The highest BCUT2D eigenvalue weighted by Crippen LogP contribution is 2.40. The van der Waals surface area contributed by atoms with Crippen molar-refractivity contribution in [2.45, 2.75) is 111 Å². The molecule has 7 heterocycles. The summed E-state index contributed by atoms with van der Waals surface area (Å²) in [7, 11) is 1.57. The largest absolute Gasteiger partial charge is 0.377 e. The van der Waals surface area contributed by atoms with Crippen LogP contribution < -0.4 is 21.2 Å². The topological polar surface area (TPSA) is 165 Å². The Bertz CT molecular complexity index is 3690. The fourth-order valence-electron chi connectivity index (χ4n) is 10.4. The average molecular weight is 1140 g/mol. The Balaban J connectivity index is 0.000000213. The number of piperazine rings is 2. The van der Waals surface area contributed by atoms with Gasteiger partial charge in [-0.1, -0.05) is 86.6 Å². The zero-order chi connectivity index (χ0) is 58.2. The molecular weight excluding hydrogens is 1070 g/mol. The minimum absolute atomic E-state index is 0.0424. The van der Waals surface area contributed by atoms with Crippen molar-refractivity contribution in [3.05, 3.63) is 152 Å². The number of carbonyl (C=O) groups excluding carboxylic acids is 2. The normalized spacial score (nSPS) is 17.8. The molecule has 0 spiro atoms. The van der Waals surface area contributed by atoms with Gasteiger partial charge in [0, 0.05) is 80.3 Å². The van der Waals surface area contributed by atoms with E-state index in [1.165, 1.54) is 39.5 Å². The summed E-state index contributed by atoms with van der Waals surface area (Å²) >= 11 is 13.5. The van der Waals surface area contributed by atoms with Gasteiger partial charge in [-0.3, -0.25) is 19.1 Å². The highest BCUT2D eigenvalue weighted by molar-refractivity contribution is 6.34. The molecule has 7 aromatic rings. The first-order valence-electron chi connectivity index (χ1n) is 26.2. The van der Waals surface area contributed by atoms with Gasteiger partial charge in [-0.2, -0.15) is 9.97 Å². The number of nitrogens with zero attached hydrogens (tertiary/aromatic N) is 11. The van der Waals surface area contributed by atoms with Gasteiger partial charge in [-0.05, 0) is 102 Å². The van der Waals surface area contributed by atoms with Crippen LogP contribution in [0, 0.1) is 12.7 Å². The molecule has 5 aromatic heterocycles. The maximum absolute atomic E-state index is 14.7. The van der Waals surface area contributed by atoms with E-state index in [4.69, 9.17) is 37.9 Å². The second-order valence-electron chi connectivity index (χ2n) is 21.2. The van der Waals surface area contributed by atoms with Gasteiger partial charge in [0.1, 0.15) is 23.1 Å². The standard InChI is InChI=1S/C32H33ClF2N6O2.C27H31ClFN5O3/c1-7-25(42)39-15-20(6)40(16-19(39)5)30-23-14-24(33)27(21-10-8-9-11-22(21)29(34)35)37-31(23)41(32(43)38-30)28-18(4)12-13-36-26(28)17(2)3;1-7-22(35)32-13-17(3)33(14-16(32)2)25-19-12-20(28)23(18-10-8-9-11-21(18)29)30-24(19)34(26(36)31-25)15-27(4,5)37-6/h7-14,17,19-20,29H,1,15-16H2,2-6H3;7-12,16-17H,1,13-15H2,2-6H3. The molecule has 4 unspecified atom stereocenters. The van der Waals surface area contributed by atoms with E-state index in [1.54, 1.807) is 71.6 Å². The molecule has 4 atom stereocenters. The molecule has 2 fully saturated rings. The third kappa shape index (κ3) is 11.5. The molecule has 80 heavy (non-hydrogen) atoms. The number of hydrogen-bond donors (Lipinski definition) is 0. The number of amides is 2. The summed E-state index contributed by atoms with van der Waals surface area (Å²) in [5.41, 5.74) is 1.29. The summed E-state index contributed by atoms with van der Waals surface area (Å²) in [6.07, 6.45) is 1.52. The van der Waals surface area contributed by atoms with Gasteiger partial charge in [0.25, 0.3) is 6.43 Å². The molecule has 9 rings (SSSR count). The van der Waals surface area contributed by atoms with Gasteiger partial charge in [0.05, 0.1) is 55.7 Å². The molecule has 21 heteroatoms. The van der Waals surface area contributed by atoms with Gasteiger partial charge in [0.15, 0.2) is 5.65 Å². The molecular formula is C59H64Cl2F3N11O5. The Morgan fingerprint density at radius 3 is 1.76 bits per heavy atom. The molecule has 2 amide bonds. The SMILES string of the molecule is C=CC(=O)N1CC(C)N(c2nc(=O)n(-c3c(C)ccnc3C(C)C)c3nc(-c4ccccc4C(F)F)c(Cl)cc23)CC1C.C=CC(=O)N1CC(C)N(c2nc(=O)n(CC(C)(C)OC)c3nc(-c4ccccc4F)c(Cl)cc23)CC1C. The van der Waals surface area contributed by atoms with Crippen LogP contribution in [0.2, 0.25) is 10.0 Å². The summed E-state index contributed by atoms with van der Waals surface area (Å²) < 4.78 is 51.3. The van der Waals surface area contributed by atoms with E-state index in [1.807, 2.05) is 72.1 Å². The van der Waals surface area contributed by atoms with Crippen molar-refractivity contribution in [1.82, 2.24) is 43.9 Å². The van der Waals surface area contributed by atoms with Crippen LogP contribution in [0.4, 0.5) is 24.8 Å². The first-order valence-corrected chi connectivity index (χ1v) is 26.9. The van der Waals surface area contributed by atoms with Crippen LogP contribution in [-0.2, 0) is 20.9 Å². The van der Waals surface area contributed by atoms with Gasteiger partial charge >= 0.3 is 11.4 Å². The van der Waals surface area contributed by atoms with Crippen LogP contribution in [0.25, 0.3) is 50.3 Å². The lowest BCUT2D eigenvalue weighted by molar-refractivity contribution is -0.129. The molecule has 0 bridgehead atoms. The minimum atomic E-state index is -2.76.